The number of nitrogens with zero attached hydrogens (tertiary/aromatic N) is 1. The molecule has 0 atom stereocenters. The summed E-state index contributed by atoms with van der Waals surface area (Å²) in [6.07, 6.45) is 0. The van der Waals surface area contributed by atoms with Crippen LogP contribution in [0.2, 0.25) is 0 Å². The topological polar surface area (TPSA) is 16.4 Å². The van der Waals surface area contributed by atoms with Gasteiger partial charge in [-0.2, -0.15) is 0 Å². The Balaban J connectivity index is 1.53. The van der Waals surface area contributed by atoms with Crippen molar-refractivity contribution in [2.24, 2.45) is 0 Å². The summed E-state index contributed by atoms with van der Waals surface area (Å²) in [5.74, 6) is 0. The Morgan fingerprint density at radius 1 is 0.515 bits per heavy atom. The predicted octanol–water partition coefficient (Wildman–Crippen LogP) is 9.42. The molecule has 0 saturated carbocycles. The van der Waals surface area contributed by atoms with E-state index in [1.807, 2.05) is 23.5 Å². The molecule has 2 heterocycles. The maximum Gasteiger partial charge on any atom is 0.135 e. The third kappa shape index (κ3) is 2.86. The number of furan rings is 1. The van der Waals surface area contributed by atoms with E-state index in [9.17, 15) is 0 Å². The Morgan fingerprint density at radius 2 is 1.24 bits per heavy atom. The Labute approximate surface area is 194 Å². The average Bonchev–Trinajstić information content (AvgIpc) is 3.44. The van der Waals surface area contributed by atoms with Crippen molar-refractivity contribution in [3.05, 3.63) is 115 Å². The van der Waals surface area contributed by atoms with Crippen molar-refractivity contribution in [3.8, 4) is 0 Å². The Bertz CT molecular complexity index is 1780. The van der Waals surface area contributed by atoms with Crippen LogP contribution in [-0.2, 0) is 0 Å². The van der Waals surface area contributed by atoms with Crippen LogP contribution in [-0.4, -0.2) is 0 Å². The van der Waals surface area contributed by atoms with Gasteiger partial charge in [0.25, 0.3) is 0 Å². The second-order valence-corrected chi connectivity index (χ2v) is 9.25. The highest BCUT2D eigenvalue weighted by atomic mass is 32.1. The molecule has 0 aliphatic rings. The highest BCUT2D eigenvalue weighted by molar-refractivity contribution is 7.26. The van der Waals surface area contributed by atoms with Gasteiger partial charge in [-0.25, -0.2) is 0 Å². The van der Waals surface area contributed by atoms with Crippen molar-refractivity contribution < 1.29 is 4.42 Å². The first-order valence-electron chi connectivity index (χ1n) is 11.0. The number of hydrogen-bond acceptors (Lipinski definition) is 3. The first kappa shape index (κ1) is 18.5. The van der Waals surface area contributed by atoms with Gasteiger partial charge in [0, 0.05) is 37.6 Å². The molecule has 0 radical (unpaired) electrons. The zero-order chi connectivity index (χ0) is 21.8. The van der Waals surface area contributed by atoms with E-state index < -0.39 is 0 Å². The fourth-order valence-electron chi connectivity index (χ4n) is 4.77. The zero-order valence-corrected chi connectivity index (χ0v) is 18.5. The van der Waals surface area contributed by atoms with Gasteiger partial charge in [-0.3, -0.25) is 0 Å². The largest absolute Gasteiger partial charge is 0.456 e. The van der Waals surface area contributed by atoms with Crippen LogP contribution in [0.5, 0.6) is 0 Å². The second kappa shape index (κ2) is 7.22. The second-order valence-electron chi connectivity index (χ2n) is 8.20. The van der Waals surface area contributed by atoms with Crippen LogP contribution in [0.1, 0.15) is 0 Å². The molecule has 0 amide bonds. The summed E-state index contributed by atoms with van der Waals surface area (Å²) in [6, 6.07) is 40.6. The van der Waals surface area contributed by atoms with Crippen LogP contribution >= 0.6 is 11.3 Å². The smallest absolute Gasteiger partial charge is 0.135 e. The van der Waals surface area contributed by atoms with Crippen LogP contribution in [0.4, 0.5) is 17.1 Å². The summed E-state index contributed by atoms with van der Waals surface area (Å²) < 4.78 is 8.69. The molecular weight excluding hydrogens is 422 g/mol. The van der Waals surface area contributed by atoms with Gasteiger partial charge in [0.2, 0.25) is 0 Å². The average molecular weight is 442 g/mol. The fraction of sp³-hybridized carbons (Fsp3) is 0. The van der Waals surface area contributed by atoms with Crippen molar-refractivity contribution in [2.75, 3.05) is 4.90 Å². The number of anilines is 3. The molecule has 0 unspecified atom stereocenters. The minimum absolute atomic E-state index is 0.910. The van der Waals surface area contributed by atoms with Gasteiger partial charge >= 0.3 is 0 Å². The number of thiophene rings is 1. The van der Waals surface area contributed by atoms with Gasteiger partial charge in [-0.05, 0) is 48.5 Å². The molecule has 33 heavy (non-hydrogen) atoms. The predicted molar refractivity (Wildman–Crippen MR) is 141 cm³/mol. The van der Waals surface area contributed by atoms with Crippen LogP contribution in [0, 0.1) is 0 Å². The lowest BCUT2D eigenvalue weighted by Gasteiger charge is -2.26. The molecule has 0 spiro atoms. The summed E-state index contributed by atoms with van der Waals surface area (Å²) in [6.45, 7) is 0. The first-order chi connectivity index (χ1) is 16.4. The first-order valence-corrected chi connectivity index (χ1v) is 11.9. The van der Waals surface area contributed by atoms with Crippen molar-refractivity contribution >= 4 is 70.5 Å². The van der Waals surface area contributed by atoms with Gasteiger partial charge in [0.1, 0.15) is 11.2 Å². The third-order valence-corrected chi connectivity index (χ3v) is 7.47. The molecule has 2 aromatic heterocycles. The molecule has 0 aliphatic heterocycles. The molecule has 0 N–H and O–H groups in total. The minimum Gasteiger partial charge on any atom is -0.456 e. The Morgan fingerprint density at radius 3 is 2.15 bits per heavy atom. The van der Waals surface area contributed by atoms with Crippen molar-refractivity contribution in [2.45, 2.75) is 0 Å². The van der Waals surface area contributed by atoms with E-state index >= 15 is 0 Å². The molecule has 0 fully saturated rings. The van der Waals surface area contributed by atoms with E-state index in [4.69, 9.17) is 4.42 Å². The van der Waals surface area contributed by atoms with E-state index in [0.29, 0.717) is 0 Å². The standard InChI is InChI=1S/C30H19NOS/c1-2-9-20(10-3-1)31(21-17-18-28-25(19-21)22-11-4-6-15-27(22)32-28)26-14-8-13-24-23-12-5-7-16-29(23)33-30(24)26/h1-19H. The lowest BCUT2D eigenvalue weighted by molar-refractivity contribution is 0.669. The van der Waals surface area contributed by atoms with Gasteiger partial charge < -0.3 is 9.32 Å². The van der Waals surface area contributed by atoms with Crippen LogP contribution in [0.25, 0.3) is 42.1 Å². The Kier molecular flexibility index (Phi) is 4.05. The zero-order valence-electron chi connectivity index (χ0n) is 17.7. The number of benzene rings is 5. The van der Waals surface area contributed by atoms with Crippen LogP contribution < -0.4 is 4.90 Å². The summed E-state index contributed by atoms with van der Waals surface area (Å²) in [5, 5.41) is 4.88. The Hall–Kier alpha value is -4.08. The monoisotopic (exact) mass is 441 g/mol. The molecule has 3 heteroatoms. The van der Waals surface area contributed by atoms with Gasteiger partial charge in [0.05, 0.1) is 10.4 Å². The minimum atomic E-state index is 0.910. The molecule has 0 saturated heterocycles. The van der Waals surface area contributed by atoms with Crippen molar-refractivity contribution in [3.63, 3.8) is 0 Å². The highest BCUT2D eigenvalue weighted by Gasteiger charge is 2.19. The van der Waals surface area contributed by atoms with Gasteiger partial charge in [-0.1, -0.05) is 66.7 Å². The van der Waals surface area contributed by atoms with E-state index in [-0.39, 0.29) is 0 Å². The van der Waals surface area contributed by atoms with Crippen LogP contribution in [0.15, 0.2) is 120 Å². The fourth-order valence-corrected chi connectivity index (χ4v) is 5.97. The molecule has 5 aromatic carbocycles. The summed E-state index contributed by atoms with van der Waals surface area (Å²) in [4.78, 5) is 2.36. The van der Waals surface area contributed by atoms with Gasteiger partial charge in [-0.15, -0.1) is 11.3 Å². The number of fused-ring (bicyclic) bond motifs is 6. The van der Waals surface area contributed by atoms with Crippen molar-refractivity contribution in [1.29, 1.82) is 0 Å². The van der Waals surface area contributed by atoms with Crippen LogP contribution in [0.3, 0.4) is 0 Å². The summed E-state index contributed by atoms with van der Waals surface area (Å²) in [7, 11) is 0. The molecule has 0 bridgehead atoms. The van der Waals surface area contributed by atoms with E-state index in [1.165, 1.54) is 25.9 Å². The molecule has 0 aliphatic carbocycles. The molecule has 2 nitrogen and oxygen atoms in total. The van der Waals surface area contributed by atoms with E-state index in [1.54, 1.807) is 0 Å². The molecule has 7 rings (SSSR count). The van der Waals surface area contributed by atoms with E-state index in [0.717, 1.165) is 33.3 Å². The van der Waals surface area contributed by atoms with E-state index in [2.05, 4.69) is 108 Å². The maximum absolute atomic E-state index is 6.09. The summed E-state index contributed by atoms with van der Waals surface area (Å²) in [5.41, 5.74) is 5.27. The summed E-state index contributed by atoms with van der Waals surface area (Å²) >= 11 is 1.85. The molecular formula is C30H19NOS. The molecule has 156 valence electrons. The quantitative estimate of drug-likeness (QED) is 0.271. The van der Waals surface area contributed by atoms with Gasteiger partial charge in [0.15, 0.2) is 0 Å². The lowest BCUT2D eigenvalue weighted by Crippen LogP contribution is -2.09. The lowest BCUT2D eigenvalue weighted by atomic mass is 10.1. The maximum atomic E-state index is 6.09. The number of hydrogen-bond donors (Lipinski definition) is 0. The SMILES string of the molecule is c1ccc(N(c2ccc3oc4ccccc4c3c2)c2cccc3c2sc2ccccc23)cc1. The molecule has 7 aromatic rings. The number of rotatable bonds is 3. The third-order valence-electron chi connectivity index (χ3n) is 6.26. The van der Waals surface area contributed by atoms with Crippen molar-refractivity contribution in [1.82, 2.24) is 0 Å². The normalized spacial score (nSPS) is 11.6. The highest BCUT2D eigenvalue weighted by Crippen LogP contribution is 2.45. The number of para-hydroxylation sites is 2.